The second-order valence-electron chi connectivity index (χ2n) is 7.31. The number of carbonyl (C=O) groups is 2. The van der Waals surface area contributed by atoms with E-state index in [-0.39, 0.29) is 0 Å². The zero-order valence-electron chi connectivity index (χ0n) is 15.6. The van der Waals surface area contributed by atoms with E-state index in [1.54, 1.807) is 6.07 Å². The van der Waals surface area contributed by atoms with Gasteiger partial charge in [-0.2, -0.15) is 16.8 Å². The molecule has 0 aromatic heterocycles. The average Bonchev–Trinajstić information content (AvgIpc) is 3.26. The number of nitrogens with one attached hydrogen (secondary N) is 1. The zero-order valence-corrected chi connectivity index (χ0v) is 23.7. The molecule has 3 aliphatic rings. The first kappa shape index (κ1) is 25.2. The predicted molar refractivity (Wildman–Crippen MR) is 133 cm³/mol. The minimum atomic E-state index is -4.37. The van der Waals surface area contributed by atoms with E-state index >= 15 is 0 Å². The third-order valence-electron chi connectivity index (χ3n) is 5.35. The number of fused-ring (bicyclic) bond motifs is 1. The molecule has 16 heteroatoms. The summed E-state index contributed by atoms with van der Waals surface area (Å²) >= 11 is 6.22. The number of hydrogen-bond acceptors (Lipinski definition) is 9. The molecule has 1 amide bonds. The summed E-state index contributed by atoms with van der Waals surface area (Å²) in [4.78, 5) is 25.6. The van der Waals surface area contributed by atoms with E-state index in [9.17, 15) is 26.4 Å². The standard InChI is InChI=1S/C16H14I3NO10S2/c17-5-3-6(9(19)7(18)4-5)15(21)20-10-11-8(16(22)28-1-2-31(23,24)25)14-13(29-11)12(10)30-32(14,26)27/h3-4,8,10-14H,1-2H2,(H,20,21)(H,23,24,25). The van der Waals surface area contributed by atoms with Crippen LogP contribution in [0.5, 0.6) is 0 Å². The van der Waals surface area contributed by atoms with Gasteiger partial charge in [-0.05, 0) is 79.9 Å². The summed E-state index contributed by atoms with van der Waals surface area (Å²) in [5, 5.41) is 1.43. The van der Waals surface area contributed by atoms with Gasteiger partial charge in [0.2, 0.25) is 0 Å². The summed E-state index contributed by atoms with van der Waals surface area (Å²) in [6, 6.07) is 2.65. The van der Waals surface area contributed by atoms with Gasteiger partial charge in [0.1, 0.15) is 35.7 Å². The fraction of sp³-hybridized carbons (Fsp3) is 0.500. The topological polar surface area (TPSA) is 162 Å². The second kappa shape index (κ2) is 8.97. The lowest BCUT2D eigenvalue weighted by molar-refractivity contribution is -0.149. The van der Waals surface area contributed by atoms with Crippen molar-refractivity contribution < 1.29 is 44.6 Å². The van der Waals surface area contributed by atoms with Gasteiger partial charge in [0.15, 0.2) is 0 Å². The van der Waals surface area contributed by atoms with Gasteiger partial charge in [-0.15, -0.1) is 0 Å². The van der Waals surface area contributed by atoms with Gasteiger partial charge in [0.05, 0.1) is 17.7 Å². The molecule has 32 heavy (non-hydrogen) atoms. The normalized spacial score (nSPS) is 32.1. The molecule has 176 valence electrons. The molecule has 11 nitrogen and oxygen atoms in total. The van der Waals surface area contributed by atoms with E-state index in [2.05, 4.69) is 50.5 Å². The van der Waals surface area contributed by atoms with Gasteiger partial charge in [-0.1, -0.05) is 0 Å². The largest absolute Gasteiger partial charge is 0.464 e. The van der Waals surface area contributed by atoms with Crippen LogP contribution in [0.2, 0.25) is 0 Å². The summed E-state index contributed by atoms with van der Waals surface area (Å²) in [5.41, 5.74) is 0.384. The lowest BCUT2D eigenvalue weighted by Gasteiger charge is -2.28. The maximum Gasteiger partial charge on any atom is 0.313 e. The zero-order chi connectivity index (χ0) is 23.6. The van der Waals surface area contributed by atoms with E-state index in [1.165, 1.54) is 0 Å². The van der Waals surface area contributed by atoms with E-state index in [4.69, 9.17) is 18.2 Å². The molecule has 2 bridgehead atoms. The molecule has 0 spiro atoms. The summed E-state index contributed by atoms with van der Waals surface area (Å²) < 4.78 is 73.7. The lowest BCUT2D eigenvalue weighted by Crippen LogP contribution is -2.55. The Hall–Kier alpha value is 0.130. The quantitative estimate of drug-likeness (QED) is 0.136. The minimum absolute atomic E-state index is 0.384. The number of carbonyl (C=O) groups excluding carboxylic acids is 2. The van der Waals surface area contributed by atoms with Crippen LogP contribution in [-0.4, -0.2) is 75.2 Å². The number of amides is 1. The van der Waals surface area contributed by atoms with Crippen molar-refractivity contribution in [2.24, 2.45) is 5.92 Å². The second-order valence-corrected chi connectivity index (χ2v) is 14.1. The van der Waals surface area contributed by atoms with Crippen molar-refractivity contribution in [2.45, 2.75) is 29.6 Å². The third-order valence-corrected chi connectivity index (χ3v) is 11.4. The smallest absolute Gasteiger partial charge is 0.313 e. The highest BCUT2D eigenvalue weighted by atomic mass is 127. The monoisotopic (exact) mass is 825 g/mol. The first-order chi connectivity index (χ1) is 14.8. The van der Waals surface area contributed by atoms with Crippen LogP contribution in [0.15, 0.2) is 12.1 Å². The fourth-order valence-electron chi connectivity index (χ4n) is 4.10. The Kier molecular flexibility index (Phi) is 7.07. The van der Waals surface area contributed by atoms with Crippen molar-refractivity contribution in [3.8, 4) is 0 Å². The highest BCUT2D eigenvalue weighted by molar-refractivity contribution is 14.1. The predicted octanol–water partition coefficient (Wildman–Crippen LogP) is 0.524. The van der Waals surface area contributed by atoms with Crippen LogP contribution in [0, 0.1) is 16.6 Å². The molecule has 2 N–H and O–H groups in total. The summed E-state index contributed by atoms with van der Waals surface area (Å²) in [7, 11) is -8.55. The lowest BCUT2D eigenvalue weighted by atomic mass is 9.83. The van der Waals surface area contributed by atoms with Crippen molar-refractivity contribution in [3.63, 3.8) is 0 Å². The Balaban J connectivity index is 1.57. The Morgan fingerprint density at radius 2 is 1.84 bits per heavy atom. The molecule has 1 aromatic carbocycles. The molecule has 0 radical (unpaired) electrons. The van der Waals surface area contributed by atoms with Crippen LogP contribution in [0.3, 0.4) is 0 Å². The van der Waals surface area contributed by atoms with Crippen LogP contribution < -0.4 is 5.32 Å². The fourth-order valence-corrected chi connectivity index (χ4v) is 8.64. The van der Waals surface area contributed by atoms with Gasteiger partial charge >= 0.3 is 5.97 Å². The molecular formula is C16H14I3NO10S2. The molecule has 3 saturated heterocycles. The van der Waals surface area contributed by atoms with Gasteiger partial charge in [0, 0.05) is 10.7 Å². The van der Waals surface area contributed by atoms with Crippen molar-refractivity contribution in [1.82, 2.24) is 5.32 Å². The van der Waals surface area contributed by atoms with E-state index < -0.39 is 80.0 Å². The number of rotatable bonds is 6. The molecular weight excluding hydrogens is 811 g/mol. The maximum absolute atomic E-state index is 13.0. The molecule has 6 unspecified atom stereocenters. The van der Waals surface area contributed by atoms with Crippen molar-refractivity contribution in [3.05, 3.63) is 28.4 Å². The summed E-state index contributed by atoms with van der Waals surface area (Å²) in [6.45, 7) is -0.654. The molecule has 0 aliphatic carbocycles. The Morgan fingerprint density at radius 1 is 1.16 bits per heavy atom. The average molecular weight is 825 g/mol. The molecule has 3 fully saturated rings. The van der Waals surface area contributed by atoms with Crippen LogP contribution in [0.1, 0.15) is 10.4 Å². The number of esters is 1. The number of ether oxygens (including phenoxy) is 2. The van der Waals surface area contributed by atoms with Crippen molar-refractivity contribution in [2.75, 3.05) is 12.4 Å². The van der Waals surface area contributed by atoms with E-state index in [1.807, 2.05) is 28.7 Å². The molecule has 1 aromatic rings. The van der Waals surface area contributed by atoms with Crippen LogP contribution in [-0.2, 0) is 38.7 Å². The molecule has 0 saturated carbocycles. The SMILES string of the molecule is O=C(NC1C2OS(=O)(=O)C3C2OC1C3C(=O)OCCS(=O)(=O)O)c1cc(I)cc(I)c1I. The minimum Gasteiger partial charge on any atom is -0.464 e. The van der Waals surface area contributed by atoms with Crippen molar-refractivity contribution >= 4 is 99.9 Å². The molecule has 3 heterocycles. The number of hydrogen-bond donors (Lipinski definition) is 2. The molecule has 3 aliphatic heterocycles. The maximum atomic E-state index is 13.0. The van der Waals surface area contributed by atoms with Gasteiger partial charge in [-0.25, -0.2) is 0 Å². The highest BCUT2D eigenvalue weighted by Gasteiger charge is 2.72. The molecule has 6 atom stereocenters. The highest BCUT2D eigenvalue weighted by Crippen LogP contribution is 2.50. The van der Waals surface area contributed by atoms with Crippen molar-refractivity contribution in [1.29, 1.82) is 0 Å². The van der Waals surface area contributed by atoms with Crippen LogP contribution >= 0.6 is 67.8 Å². The first-order valence-corrected chi connectivity index (χ1v) is 15.3. The summed E-state index contributed by atoms with van der Waals surface area (Å²) in [5.74, 6) is -3.63. The van der Waals surface area contributed by atoms with Crippen LogP contribution in [0.25, 0.3) is 0 Å². The van der Waals surface area contributed by atoms with Crippen LogP contribution in [0.4, 0.5) is 0 Å². The number of benzene rings is 1. The third kappa shape index (κ3) is 4.65. The van der Waals surface area contributed by atoms with Gasteiger partial charge in [0.25, 0.3) is 26.1 Å². The summed E-state index contributed by atoms with van der Waals surface area (Å²) in [6.07, 6.45) is -2.99. The first-order valence-electron chi connectivity index (χ1n) is 8.95. The van der Waals surface area contributed by atoms with Gasteiger partial charge < -0.3 is 14.8 Å². The van der Waals surface area contributed by atoms with Gasteiger partial charge in [-0.3, -0.25) is 18.3 Å². The Bertz CT molecular complexity index is 1200. The van der Waals surface area contributed by atoms with E-state index in [0.29, 0.717) is 9.13 Å². The van der Waals surface area contributed by atoms with E-state index in [0.717, 1.165) is 7.14 Å². The Labute approximate surface area is 224 Å². The number of halogens is 3. The Morgan fingerprint density at radius 3 is 2.50 bits per heavy atom. The molecule has 4 rings (SSSR count).